The SMILES string of the molecule is CC(=O)NC1CN(C)CCC1C. The Morgan fingerprint density at radius 3 is 2.83 bits per heavy atom. The van der Waals surface area contributed by atoms with Gasteiger partial charge in [0.05, 0.1) is 0 Å². The Kier molecular flexibility index (Phi) is 3.09. The predicted octanol–water partition coefficient (Wildman–Crippen LogP) is 0.463. The Morgan fingerprint density at radius 2 is 2.25 bits per heavy atom. The van der Waals surface area contributed by atoms with Gasteiger partial charge in [-0.15, -0.1) is 0 Å². The Bertz CT molecular complexity index is 170. The van der Waals surface area contributed by atoms with Crippen LogP contribution < -0.4 is 5.32 Å². The summed E-state index contributed by atoms with van der Waals surface area (Å²) in [5.41, 5.74) is 0. The number of hydrogen-bond acceptors (Lipinski definition) is 2. The summed E-state index contributed by atoms with van der Waals surface area (Å²) in [6.45, 7) is 5.92. The molecule has 0 radical (unpaired) electrons. The molecule has 0 saturated carbocycles. The lowest BCUT2D eigenvalue weighted by Crippen LogP contribution is -2.50. The summed E-state index contributed by atoms with van der Waals surface area (Å²) in [7, 11) is 2.10. The lowest BCUT2D eigenvalue weighted by molar-refractivity contribution is -0.120. The molecule has 0 aromatic rings. The van der Waals surface area contributed by atoms with Crippen LogP contribution in [0.4, 0.5) is 0 Å². The summed E-state index contributed by atoms with van der Waals surface area (Å²) < 4.78 is 0. The number of carbonyl (C=O) groups excluding carboxylic acids is 1. The minimum absolute atomic E-state index is 0.0853. The number of amides is 1. The first-order valence-corrected chi connectivity index (χ1v) is 4.55. The van der Waals surface area contributed by atoms with Crippen LogP contribution in [-0.4, -0.2) is 37.0 Å². The highest BCUT2D eigenvalue weighted by Crippen LogP contribution is 2.15. The van der Waals surface area contributed by atoms with E-state index in [2.05, 4.69) is 24.2 Å². The van der Waals surface area contributed by atoms with E-state index < -0.39 is 0 Å². The van der Waals surface area contributed by atoms with E-state index in [1.54, 1.807) is 6.92 Å². The fraction of sp³-hybridized carbons (Fsp3) is 0.889. The largest absolute Gasteiger partial charge is 0.352 e. The molecule has 1 aliphatic rings. The number of carbonyl (C=O) groups is 1. The summed E-state index contributed by atoms with van der Waals surface area (Å²) >= 11 is 0. The first-order chi connectivity index (χ1) is 5.59. The maximum absolute atomic E-state index is 10.8. The number of piperidine rings is 1. The van der Waals surface area contributed by atoms with Crippen molar-refractivity contribution in [3.8, 4) is 0 Å². The van der Waals surface area contributed by atoms with Gasteiger partial charge < -0.3 is 10.2 Å². The third-order valence-electron chi connectivity index (χ3n) is 2.55. The molecular weight excluding hydrogens is 152 g/mol. The molecule has 2 atom stereocenters. The molecule has 2 unspecified atom stereocenters. The predicted molar refractivity (Wildman–Crippen MR) is 48.9 cm³/mol. The fourth-order valence-corrected chi connectivity index (χ4v) is 1.68. The summed E-state index contributed by atoms with van der Waals surface area (Å²) in [6, 6.07) is 0.348. The van der Waals surface area contributed by atoms with E-state index in [0.717, 1.165) is 13.1 Å². The molecular formula is C9H18N2O. The molecule has 1 amide bonds. The summed E-state index contributed by atoms with van der Waals surface area (Å²) in [5.74, 6) is 0.701. The van der Waals surface area contributed by atoms with Crippen LogP contribution in [0.2, 0.25) is 0 Å². The summed E-state index contributed by atoms with van der Waals surface area (Å²) in [6.07, 6.45) is 1.18. The van der Waals surface area contributed by atoms with Gasteiger partial charge in [-0.2, -0.15) is 0 Å². The number of rotatable bonds is 1. The highest BCUT2D eigenvalue weighted by Gasteiger charge is 2.24. The Morgan fingerprint density at radius 1 is 1.58 bits per heavy atom. The highest BCUT2D eigenvalue weighted by atomic mass is 16.1. The fourth-order valence-electron chi connectivity index (χ4n) is 1.68. The van der Waals surface area contributed by atoms with Crippen molar-refractivity contribution >= 4 is 5.91 Å². The highest BCUT2D eigenvalue weighted by molar-refractivity contribution is 5.73. The van der Waals surface area contributed by atoms with Crippen molar-refractivity contribution in [2.45, 2.75) is 26.3 Å². The van der Waals surface area contributed by atoms with Crippen LogP contribution in [0.25, 0.3) is 0 Å². The van der Waals surface area contributed by atoms with Gasteiger partial charge in [0.25, 0.3) is 0 Å². The molecule has 1 rings (SSSR count). The zero-order valence-electron chi connectivity index (χ0n) is 8.13. The number of hydrogen-bond donors (Lipinski definition) is 1. The van der Waals surface area contributed by atoms with Gasteiger partial charge in [0.2, 0.25) is 5.91 Å². The second-order valence-corrected chi connectivity index (χ2v) is 3.84. The topological polar surface area (TPSA) is 32.3 Å². The molecule has 1 N–H and O–H groups in total. The molecule has 0 aliphatic carbocycles. The Hall–Kier alpha value is -0.570. The molecule has 1 aliphatic heterocycles. The molecule has 3 nitrogen and oxygen atoms in total. The molecule has 3 heteroatoms. The van der Waals surface area contributed by atoms with Crippen molar-refractivity contribution in [2.75, 3.05) is 20.1 Å². The minimum Gasteiger partial charge on any atom is -0.352 e. The summed E-state index contributed by atoms with van der Waals surface area (Å²) in [4.78, 5) is 13.1. The Balaban J connectivity index is 2.43. The maximum Gasteiger partial charge on any atom is 0.217 e. The van der Waals surface area contributed by atoms with Crippen LogP contribution >= 0.6 is 0 Å². The second-order valence-electron chi connectivity index (χ2n) is 3.84. The van der Waals surface area contributed by atoms with Crippen molar-refractivity contribution in [1.82, 2.24) is 10.2 Å². The van der Waals surface area contributed by atoms with Crippen LogP contribution in [0.5, 0.6) is 0 Å². The van der Waals surface area contributed by atoms with Crippen molar-refractivity contribution in [3.05, 3.63) is 0 Å². The van der Waals surface area contributed by atoms with Gasteiger partial charge in [-0.3, -0.25) is 4.79 Å². The van der Waals surface area contributed by atoms with Crippen LogP contribution in [-0.2, 0) is 4.79 Å². The average molecular weight is 170 g/mol. The monoisotopic (exact) mass is 170 g/mol. The van der Waals surface area contributed by atoms with Crippen LogP contribution in [0.3, 0.4) is 0 Å². The maximum atomic E-state index is 10.8. The molecule has 1 heterocycles. The van der Waals surface area contributed by atoms with Crippen molar-refractivity contribution in [2.24, 2.45) is 5.92 Å². The standard InChI is InChI=1S/C9H18N2O/c1-7-4-5-11(3)6-9(7)10-8(2)12/h7,9H,4-6H2,1-3H3,(H,10,12). The number of likely N-dealkylation sites (tertiary alicyclic amines) is 1. The van der Waals surface area contributed by atoms with Gasteiger partial charge in [0, 0.05) is 19.5 Å². The van der Waals surface area contributed by atoms with Crippen LogP contribution in [0.1, 0.15) is 20.3 Å². The zero-order chi connectivity index (χ0) is 9.14. The first-order valence-electron chi connectivity index (χ1n) is 4.55. The van der Waals surface area contributed by atoms with E-state index in [9.17, 15) is 4.79 Å². The molecule has 70 valence electrons. The van der Waals surface area contributed by atoms with Crippen molar-refractivity contribution in [1.29, 1.82) is 0 Å². The third kappa shape index (κ3) is 2.48. The van der Waals surface area contributed by atoms with E-state index >= 15 is 0 Å². The second kappa shape index (κ2) is 3.90. The quantitative estimate of drug-likeness (QED) is 0.620. The number of nitrogens with zero attached hydrogens (tertiary/aromatic N) is 1. The molecule has 0 bridgehead atoms. The average Bonchev–Trinajstić information content (AvgIpc) is 1.96. The molecule has 1 fully saturated rings. The van der Waals surface area contributed by atoms with Gasteiger partial charge in [-0.1, -0.05) is 6.92 Å². The molecule has 0 aromatic heterocycles. The third-order valence-corrected chi connectivity index (χ3v) is 2.55. The van der Waals surface area contributed by atoms with E-state index in [0.29, 0.717) is 12.0 Å². The molecule has 0 aromatic carbocycles. The van der Waals surface area contributed by atoms with Gasteiger partial charge in [0.15, 0.2) is 0 Å². The minimum atomic E-state index is 0.0853. The number of nitrogens with one attached hydrogen (secondary N) is 1. The lowest BCUT2D eigenvalue weighted by atomic mass is 9.94. The van der Waals surface area contributed by atoms with E-state index in [4.69, 9.17) is 0 Å². The smallest absolute Gasteiger partial charge is 0.217 e. The normalized spacial score (nSPS) is 31.6. The van der Waals surface area contributed by atoms with Crippen molar-refractivity contribution < 1.29 is 4.79 Å². The van der Waals surface area contributed by atoms with Crippen molar-refractivity contribution in [3.63, 3.8) is 0 Å². The summed E-state index contributed by atoms with van der Waals surface area (Å²) in [5, 5.41) is 2.98. The van der Waals surface area contributed by atoms with Crippen LogP contribution in [0.15, 0.2) is 0 Å². The van der Waals surface area contributed by atoms with Gasteiger partial charge >= 0.3 is 0 Å². The van der Waals surface area contributed by atoms with E-state index in [1.165, 1.54) is 6.42 Å². The lowest BCUT2D eigenvalue weighted by Gasteiger charge is -2.35. The molecule has 12 heavy (non-hydrogen) atoms. The van der Waals surface area contributed by atoms with E-state index in [-0.39, 0.29) is 5.91 Å². The number of likely N-dealkylation sites (N-methyl/N-ethyl adjacent to an activating group) is 1. The molecule has 1 saturated heterocycles. The molecule has 0 spiro atoms. The first kappa shape index (κ1) is 9.52. The van der Waals surface area contributed by atoms with E-state index in [1.807, 2.05) is 0 Å². The van der Waals surface area contributed by atoms with Gasteiger partial charge in [0.1, 0.15) is 0 Å². The van der Waals surface area contributed by atoms with Gasteiger partial charge in [-0.25, -0.2) is 0 Å². The van der Waals surface area contributed by atoms with Crippen LogP contribution in [0, 0.1) is 5.92 Å². The van der Waals surface area contributed by atoms with Gasteiger partial charge in [-0.05, 0) is 25.9 Å². The Labute approximate surface area is 74.1 Å². The zero-order valence-corrected chi connectivity index (χ0v) is 8.13.